The van der Waals surface area contributed by atoms with E-state index in [9.17, 15) is 9.59 Å². The van der Waals surface area contributed by atoms with Gasteiger partial charge in [-0.1, -0.05) is 30.3 Å². The van der Waals surface area contributed by atoms with E-state index in [1.807, 2.05) is 54.3 Å². The average molecular weight is 502 g/mol. The number of rotatable bonds is 8. The lowest BCUT2D eigenvalue weighted by Crippen LogP contribution is -2.45. The second-order valence-corrected chi connectivity index (χ2v) is 9.10. The van der Waals surface area contributed by atoms with Crippen molar-refractivity contribution in [2.45, 2.75) is 45.3 Å². The summed E-state index contributed by atoms with van der Waals surface area (Å²) in [4.78, 5) is 36.9. The molecule has 9 nitrogen and oxygen atoms in total. The van der Waals surface area contributed by atoms with Crippen molar-refractivity contribution in [1.82, 2.24) is 20.6 Å². The van der Waals surface area contributed by atoms with Gasteiger partial charge in [-0.25, -0.2) is 4.98 Å². The Kier molecular flexibility index (Phi) is 7.49. The SMILES string of the molecule is CCOc1ccc(COc2nc(N3CCc4ccccc43)ncc2C(=O)NC2CCCCNC2=O)cc1. The molecule has 0 aliphatic carbocycles. The van der Waals surface area contributed by atoms with Crippen LogP contribution in [0.1, 0.15) is 47.7 Å². The molecular formula is C28H31N5O4. The van der Waals surface area contributed by atoms with Crippen molar-refractivity contribution >= 4 is 23.5 Å². The van der Waals surface area contributed by atoms with Gasteiger partial charge in [-0.15, -0.1) is 0 Å². The molecule has 0 saturated carbocycles. The second kappa shape index (κ2) is 11.3. The van der Waals surface area contributed by atoms with E-state index < -0.39 is 11.9 Å². The Bertz CT molecular complexity index is 1260. The maximum Gasteiger partial charge on any atom is 0.259 e. The first-order chi connectivity index (χ1) is 18.1. The molecule has 3 heterocycles. The minimum absolute atomic E-state index is 0.172. The second-order valence-electron chi connectivity index (χ2n) is 9.10. The number of carbonyl (C=O) groups excluding carboxylic acids is 2. The molecule has 2 N–H and O–H groups in total. The van der Waals surface area contributed by atoms with Crippen LogP contribution in [0.5, 0.6) is 11.6 Å². The Hall–Kier alpha value is -4.14. The Morgan fingerprint density at radius 2 is 1.97 bits per heavy atom. The zero-order valence-corrected chi connectivity index (χ0v) is 20.9. The zero-order valence-electron chi connectivity index (χ0n) is 20.9. The summed E-state index contributed by atoms with van der Waals surface area (Å²) >= 11 is 0. The molecule has 1 unspecified atom stereocenters. The Balaban J connectivity index is 1.40. The molecule has 5 rings (SSSR count). The van der Waals surface area contributed by atoms with Gasteiger partial charge in [-0.05, 0) is 61.9 Å². The number of hydrogen-bond donors (Lipinski definition) is 2. The minimum atomic E-state index is -0.598. The third kappa shape index (κ3) is 5.66. The molecule has 9 heteroatoms. The van der Waals surface area contributed by atoms with E-state index in [1.54, 1.807) is 0 Å². The van der Waals surface area contributed by atoms with Crippen LogP contribution in [0, 0.1) is 0 Å². The van der Waals surface area contributed by atoms with Gasteiger partial charge >= 0.3 is 0 Å². The quantitative estimate of drug-likeness (QED) is 0.486. The molecule has 2 amide bonds. The monoisotopic (exact) mass is 501 g/mol. The first-order valence-corrected chi connectivity index (χ1v) is 12.8. The fourth-order valence-electron chi connectivity index (χ4n) is 4.61. The number of anilines is 2. The van der Waals surface area contributed by atoms with Gasteiger partial charge in [0.2, 0.25) is 17.7 Å². The predicted molar refractivity (Wildman–Crippen MR) is 139 cm³/mol. The summed E-state index contributed by atoms with van der Waals surface area (Å²) in [6.07, 6.45) is 4.71. The molecule has 2 aromatic carbocycles. The Morgan fingerprint density at radius 1 is 1.14 bits per heavy atom. The molecular weight excluding hydrogens is 470 g/mol. The number of nitrogens with one attached hydrogen (secondary N) is 2. The fourth-order valence-corrected chi connectivity index (χ4v) is 4.61. The van der Waals surface area contributed by atoms with Gasteiger partial charge in [-0.3, -0.25) is 9.59 Å². The summed E-state index contributed by atoms with van der Waals surface area (Å²) in [5, 5.41) is 5.70. The van der Waals surface area contributed by atoms with Gasteiger partial charge in [0.05, 0.1) is 6.61 Å². The molecule has 192 valence electrons. The summed E-state index contributed by atoms with van der Waals surface area (Å²) < 4.78 is 11.6. The van der Waals surface area contributed by atoms with Crippen molar-refractivity contribution in [3.63, 3.8) is 0 Å². The van der Waals surface area contributed by atoms with Crippen molar-refractivity contribution in [1.29, 1.82) is 0 Å². The lowest BCUT2D eigenvalue weighted by molar-refractivity contribution is -0.122. The third-order valence-electron chi connectivity index (χ3n) is 6.56. The lowest BCUT2D eigenvalue weighted by Gasteiger charge is -2.20. The summed E-state index contributed by atoms with van der Waals surface area (Å²) in [6, 6.07) is 15.1. The zero-order chi connectivity index (χ0) is 25.6. The van der Waals surface area contributed by atoms with E-state index in [1.165, 1.54) is 11.8 Å². The molecule has 1 saturated heterocycles. The molecule has 0 spiro atoms. The first kappa shape index (κ1) is 24.5. The van der Waals surface area contributed by atoms with Gasteiger partial charge in [-0.2, -0.15) is 4.98 Å². The highest BCUT2D eigenvalue weighted by molar-refractivity contribution is 5.99. The molecule has 37 heavy (non-hydrogen) atoms. The van der Waals surface area contributed by atoms with Crippen LogP contribution in [0.15, 0.2) is 54.7 Å². The van der Waals surface area contributed by atoms with Crippen molar-refractivity contribution in [2.24, 2.45) is 0 Å². The van der Waals surface area contributed by atoms with E-state index in [0.717, 1.165) is 42.8 Å². The number of benzene rings is 2. The van der Waals surface area contributed by atoms with Crippen molar-refractivity contribution < 1.29 is 19.1 Å². The topological polar surface area (TPSA) is 106 Å². The van der Waals surface area contributed by atoms with Crippen LogP contribution in [0.3, 0.4) is 0 Å². The van der Waals surface area contributed by atoms with Crippen LogP contribution in [0.25, 0.3) is 0 Å². The fraction of sp³-hybridized carbons (Fsp3) is 0.357. The maximum absolute atomic E-state index is 13.3. The van der Waals surface area contributed by atoms with E-state index in [2.05, 4.69) is 26.7 Å². The summed E-state index contributed by atoms with van der Waals surface area (Å²) in [6.45, 7) is 4.11. The number of ether oxygens (including phenoxy) is 2. The summed E-state index contributed by atoms with van der Waals surface area (Å²) in [5.74, 6) is 0.821. The molecule has 1 atom stereocenters. The highest BCUT2D eigenvalue weighted by Gasteiger charge is 2.27. The lowest BCUT2D eigenvalue weighted by atomic mass is 10.1. The van der Waals surface area contributed by atoms with Gasteiger partial charge in [0, 0.05) is 25.0 Å². The third-order valence-corrected chi connectivity index (χ3v) is 6.56. The number of nitrogens with zero attached hydrogens (tertiary/aromatic N) is 3. The van der Waals surface area contributed by atoms with Gasteiger partial charge in [0.25, 0.3) is 5.91 Å². The van der Waals surface area contributed by atoms with Crippen LogP contribution >= 0.6 is 0 Å². The Morgan fingerprint density at radius 3 is 2.81 bits per heavy atom. The van der Waals surface area contributed by atoms with Crippen LogP contribution in [0.2, 0.25) is 0 Å². The molecule has 2 aliphatic rings. The van der Waals surface area contributed by atoms with Gasteiger partial charge in [0.15, 0.2) is 0 Å². The summed E-state index contributed by atoms with van der Waals surface area (Å²) in [5.41, 5.74) is 3.38. The van der Waals surface area contributed by atoms with E-state index >= 15 is 0 Å². The molecule has 1 fully saturated rings. The van der Waals surface area contributed by atoms with Crippen LogP contribution in [0.4, 0.5) is 11.6 Å². The molecule has 3 aromatic rings. The summed E-state index contributed by atoms with van der Waals surface area (Å²) in [7, 11) is 0. The van der Waals surface area contributed by atoms with E-state index in [-0.39, 0.29) is 24.0 Å². The smallest absolute Gasteiger partial charge is 0.259 e. The van der Waals surface area contributed by atoms with E-state index in [0.29, 0.717) is 25.5 Å². The highest BCUT2D eigenvalue weighted by Crippen LogP contribution is 2.33. The number of aromatic nitrogens is 2. The highest BCUT2D eigenvalue weighted by atomic mass is 16.5. The normalized spacial score (nSPS) is 16.9. The number of para-hydroxylation sites is 1. The predicted octanol–water partition coefficient (Wildman–Crippen LogP) is 3.55. The van der Waals surface area contributed by atoms with Crippen molar-refractivity contribution in [3.05, 3.63) is 71.4 Å². The Labute approximate surface area is 216 Å². The maximum atomic E-state index is 13.3. The molecule has 0 radical (unpaired) electrons. The standard InChI is InChI=1S/C28H31N5O4/c1-2-36-21-12-10-19(11-13-21)18-37-27-22(25(34)31-23-8-5-6-15-29-26(23)35)17-30-28(32-27)33-16-14-20-7-3-4-9-24(20)33/h3-4,7,9-13,17,23H,2,5-6,8,14-16,18H2,1H3,(H,29,35)(H,31,34). The number of fused-ring (bicyclic) bond motifs is 1. The van der Waals surface area contributed by atoms with Gasteiger partial charge in [0.1, 0.15) is 24.0 Å². The van der Waals surface area contributed by atoms with E-state index in [4.69, 9.17) is 9.47 Å². The van der Waals surface area contributed by atoms with Gasteiger partial charge < -0.3 is 25.0 Å². The van der Waals surface area contributed by atoms with Crippen molar-refractivity contribution in [3.8, 4) is 11.6 Å². The van der Waals surface area contributed by atoms with Crippen LogP contribution < -0.4 is 25.0 Å². The van der Waals surface area contributed by atoms with Crippen LogP contribution in [-0.4, -0.2) is 47.5 Å². The first-order valence-electron chi connectivity index (χ1n) is 12.8. The average Bonchev–Trinajstić information content (AvgIpc) is 3.25. The molecule has 0 bridgehead atoms. The largest absolute Gasteiger partial charge is 0.494 e. The number of hydrogen-bond acceptors (Lipinski definition) is 7. The molecule has 1 aromatic heterocycles. The number of carbonyl (C=O) groups is 2. The van der Waals surface area contributed by atoms with Crippen LogP contribution in [-0.2, 0) is 17.8 Å². The van der Waals surface area contributed by atoms with Crippen molar-refractivity contribution in [2.75, 3.05) is 24.6 Å². The number of amides is 2. The minimum Gasteiger partial charge on any atom is -0.494 e. The molecule has 2 aliphatic heterocycles.